The minimum absolute atomic E-state index is 0.0408. The van der Waals surface area contributed by atoms with Gasteiger partial charge in [-0.25, -0.2) is 0 Å². The first-order valence-electron chi connectivity index (χ1n) is 9.45. The number of halogens is 4. The third kappa shape index (κ3) is 4.43. The van der Waals surface area contributed by atoms with Crippen molar-refractivity contribution in [2.45, 2.75) is 45.4 Å². The molecule has 4 nitrogen and oxygen atoms in total. The first-order chi connectivity index (χ1) is 14.0. The molecule has 0 N–H and O–H groups in total. The van der Waals surface area contributed by atoms with E-state index in [1.165, 1.54) is 6.07 Å². The quantitative estimate of drug-likeness (QED) is 0.494. The number of ether oxygens (including phenoxy) is 3. The van der Waals surface area contributed by atoms with E-state index in [1.807, 2.05) is 13.0 Å². The molecule has 0 fully saturated rings. The van der Waals surface area contributed by atoms with Gasteiger partial charge in [0, 0.05) is 11.1 Å². The molecule has 1 aliphatic heterocycles. The molecule has 1 aliphatic rings. The van der Waals surface area contributed by atoms with Gasteiger partial charge in [0.05, 0.1) is 17.5 Å². The average molecular weight is 487 g/mol. The monoisotopic (exact) mass is 486 g/mol. The second-order valence-electron chi connectivity index (χ2n) is 7.45. The number of alkyl halides is 3. The van der Waals surface area contributed by atoms with Crippen LogP contribution < -0.4 is 9.47 Å². The SMILES string of the molecule is CCOC(=O)Cc1ccc(C)cc1OCc1cc(Br)c2c(c1)C(C)(C(F)(F)F)CO2. The van der Waals surface area contributed by atoms with Crippen LogP contribution in [0.15, 0.2) is 34.8 Å². The largest absolute Gasteiger partial charge is 0.491 e. The highest BCUT2D eigenvalue weighted by molar-refractivity contribution is 9.10. The molecular formula is C22H22BrF3O4. The molecule has 0 aromatic heterocycles. The van der Waals surface area contributed by atoms with Gasteiger partial charge >= 0.3 is 12.1 Å². The summed E-state index contributed by atoms with van der Waals surface area (Å²) < 4.78 is 57.6. The number of carbonyl (C=O) groups excluding carboxylic acids is 1. The highest BCUT2D eigenvalue weighted by Gasteiger charge is 2.57. The van der Waals surface area contributed by atoms with Gasteiger partial charge in [0.1, 0.15) is 30.1 Å². The highest BCUT2D eigenvalue weighted by atomic mass is 79.9. The van der Waals surface area contributed by atoms with Gasteiger partial charge in [0.25, 0.3) is 0 Å². The Bertz CT molecular complexity index is 958. The Labute approximate surface area is 181 Å². The molecule has 0 saturated carbocycles. The fraction of sp³-hybridized carbons (Fsp3) is 0.409. The molecule has 0 amide bonds. The molecular weight excluding hydrogens is 465 g/mol. The summed E-state index contributed by atoms with van der Waals surface area (Å²) in [6.45, 7) is 4.61. The zero-order chi connectivity index (χ0) is 22.1. The number of rotatable bonds is 6. The van der Waals surface area contributed by atoms with E-state index in [0.29, 0.717) is 21.3 Å². The molecule has 0 spiro atoms. The van der Waals surface area contributed by atoms with Crippen LogP contribution in [0.5, 0.6) is 11.5 Å². The van der Waals surface area contributed by atoms with E-state index in [9.17, 15) is 18.0 Å². The standard InChI is InChI=1S/C22H22BrF3O4/c1-4-28-19(27)10-15-6-5-13(2)7-18(15)29-11-14-8-16-20(17(23)9-14)30-12-21(16,3)22(24,25)26/h5-9H,4,10-12H2,1-3H3. The van der Waals surface area contributed by atoms with Crippen LogP contribution in [0.2, 0.25) is 0 Å². The topological polar surface area (TPSA) is 44.8 Å². The summed E-state index contributed by atoms with van der Waals surface area (Å²) in [6, 6.07) is 8.59. The third-order valence-electron chi connectivity index (χ3n) is 5.09. The Hall–Kier alpha value is -2.22. The van der Waals surface area contributed by atoms with Crippen molar-refractivity contribution in [3.8, 4) is 11.5 Å². The number of fused-ring (bicyclic) bond motifs is 1. The lowest BCUT2D eigenvalue weighted by Gasteiger charge is -2.26. The number of aryl methyl sites for hydroxylation is 1. The Morgan fingerprint density at radius 1 is 1.27 bits per heavy atom. The maximum Gasteiger partial charge on any atom is 0.401 e. The summed E-state index contributed by atoms with van der Waals surface area (Å²) >= 11 is 3.31. The number of hydrogen-bond donors (Lipinski definition) is 0. The summed E-state index contributed by atoms with van der Waals surface area (Å²) in [7, 11) is 0. The van der Waals surface area contributed by atoms with Gasteiger partial charge in [-0.2, -0.15) is 13.2 Å². The van der Waals surface area contributed by atoms with Gasteiger partial charge in [0.15, 0.2) is 0 Å². The summed E-state index contributed by atoms with van der Waals surface area (Å²) in [5.41, 5.74) is 0.150. The predicted molar refractivity (Wildman–Crippen MR) is 109 cm³/mol. The second-order valence-corrected chi connectivity index (χ2v) is 8.31. The van der Waals surface area contributed by atoms with E-state index in [2.05, 4.69) is 15.9 Å². The van der Waals surface area contributed by atoms with Crippen LogP contribution >= 0.6 is 15.9 Å². The molecule has 162 valence electrons. The molecule has 30 heavy (non-hydrogen) atoms. The molecule has 1 unspecified atom stereocenters. The number of esters is 1. The van der Waals surface area contributed by atoms with Crippen molar-refractivity contribution in [3.63, 3.8) is 0 Å². The molecule has 0 radical (unpaired) electrons. The number of hydrogen-bond acceptors (Lipinski definition) is 4. The molecule has 8 heteroatoms. The van der Waals surface area contributed by atoms with Crippen molar-refractivity contribution in [3.05, 3.63) is 57.1 Å². The summed E-state index contributed by atoms with van der Waals surface area (Å²) in [5.74, 6) is 0.330. The number of benzene rings is 2. The van der Waals surface area contributed by atoms with Crippen LogP contribution in [-0.4, -0.2) is 25.4 Å². The zero-order valence-corrected chi connectivity index (χ0v) is 18.4. The fourth-order valence-corrected chi connectivity index (χ4v) is 3.91. The van der Waals surface area contributed by atoms with Crippen LogP contribution in [0, 0.1) is 6.92 Å². The van der Waals surface area contributed by atoms with Gasteiger partial charge in [-0.1, -0.05) is 12.1 Å². The Morgan fingerprint density at radius 3 is 2.67 bits per heavy atom. The van der Waals surface area contributed by atoms with E-state index in [-0.39, 0.29) is 36.9 Å². The molecule has 2 aromatic carbocycles. The summed E-state index contributed by atoms with van der Waals surface area (Å²) in [6.07, 6.45) is -4.39. The van der Waals surface area contributed by atoms with Crippen molar-refractivity contribution < 1.29 is 32.2 Å². The van der Waals surface area contributed by atoms with Crippen molar-refractivity contribution in [2.24, 2.45) is 0 Å². The molecule has 3 rings (SSSR count). The fourth-order valence-electron chi connectivity index (χ4n) is 3.29. The van der Waals surface area contributed by atoms with Crippen LogP contribution in [0.4, 0.5) is 13.2 Å². The molecule has 1 heterocycles. The molecule has 0 aliphatic carbocycles. The van der Waals surface area contributed by atoms with Crippen molar-refractivity contribution in [1.82, 2.24) is 0 Å². The Kier molecular flexibility index (Phi) is 6.36. The van der Waals surface area contributed by atoms with Crippen LogP contribution in [0.3, 0.4) is 0 Å². The van der Waals surface area contributed by atoms with E-state index < -0.39 is 18.2 Å². The molecule has 2 aromatic rings. The number of carbonyl (C=O) groups is 1. The van der Waals surface area contributed by atoms with Crippen molar-refractivity contribution in [1.29, 1.82) is 0 Å². The van der Waals surface area contributed by atoms with Gasteiger partial charge in [-0.15, -0.1) is 0 Å². The second kappa shape index (κ2) is 8.49. The van der Waals surface area contributed by atoms with E-state index in [4.69, 9.17) is 14.2 Å². The first kappa shape index (κ1) is 22.5. The average Bonchev–Trinajstić information content (AvgIpc) is 3.01. The van der Waals surface area contributed by atoms with Gasteiger partial charge in [-0.3, -0.25) is 4.79 Å². The minimum atomic E-state index is -4.44. The maximum atomic E-state index is 13.6. The van der Waals surface area contributed by atoms with E-state index in [1.54, 1.807) is 25.1 Å². The van der Waals surface area contributed by atoms with Crippen LogP contribution in [-0.2, 0) is 28.0 Å². The lowest BCUT2D eigenvalue weighted by molar-refractivity contribution is -0.187. The summed E-state index contributed by atoms with van der Waals surface area (Å²) in [4.78, 5) is 11.9. The Morgan fingerprint density at radius 2 is 2.00 bits per heavy atom. The maximum absolute atomic E-state index is 13.6. The van der Waals surface area contributed by atoms with E-state index >= 15 is 0 Å². The normalized spacial score (nSPS) is 18.0. The van der Waals surface area contributed by atoms with Crippen LogP contribution in [0.25, 0.3) is 0 Å². The van der Waals surface area contributed by atoms with Crippen LogP contribution in [0.1, 0.15) is 36.1 Å². The van der Waals surface area contributed by atoms with Gasteiger partial charge < -0.3 is 14.2 Å². The third-order valence-corrected chi connectivity index (χ3v) is 5.67. The van der Waals surface area contributed by atoms with Gasteiger partial charge in [0.2, 0.25) is 0 Å². The smallest absolute Gasteiger partial charge is 0.401 e. The lowest BCUT2D eigenvalue weighted by Crippen LogP contribution is -2.40. The van der Waals surface area contributed by atoms with E-state index in [0.717, 1.165) is 12.5 Å². The Balaban J connectivity index is 1.86. The highest BCUT2D eigenvalue weighted by Crippen LogP contribution is 2.51. The lowest BCUT2D eigenvalue weighted by atomic mass is 9.83. The van der Waals surface area contributed by atoms with Gasteiger partial charge in [-0.05, 0) is 66.0 Å². The summed E-state index contributed by atoms with van der Waals surface area (Å²) in [5, 5.41) is 0. The molecule has 1 atom stereocenters. The zero-order valence-electron chi connectivity index (χ0n) is 16.9. The van der Waals surface area contributed by atoms with Crippen molar-refractivity contribution in [2.75, 3.05) is 13.2 Å². The van der Waals surface area contributed by atoms with Crippen molar-refractivity contribution >= 4 is 21.9 Å². The minimum Gasteiger partial charge on any atom is -0.491 e. The molecule has 0 saturated heterocycles. The predicted octanol–water partition coefficient (Wildman–Crippen LogP) is 5.65. The molecule has 0 bridgehead atoms. The first-order valence-corrected chi connectivity index (χ1v) is 10.2.